The number of hydrogen-bond acceptors (Lipinski definition) is 4. The average Bonchev–Trinajstić information content (AvgIpc) is 3.04. The third kappa shape index (κ3) is 3.84. The van der Waals surface area contributed by atoms with Crippen molar-refractivity contribution in [2.75, 3.05) is 10.6 Å². The molecule has 106 valence electrons. The fourth-order valence-corrected chi connectivity index (χ4v) is 2.38. The zero-order valence-corrected chi connectivity index (χ0v) is 11.6. The standard InChI is InChI=1S/C16H16N4O/c17-9-12(10-18)11-19-14-7-3-4-8-15(14)20-16(21)13-5-1-2-6-13/h3-4,7-8,11,13,19H,1-2,5-6H2,(H,20,21). The van der Waals surface area contributed by atoms with E-state index in [0.717, 1.165) is 25.7 Å². The lowest BCUT2D eigenvalue weighted by Gasteiger charge is -2.13. The predicted octanol–water partition coefficient (Wildman–Crippen LogP) is 3.16. The molecule has 2 N–H and O–H groups in total. The quantitative estimate of drug-likeness (QED) is 0.829. The lowest BCUT2D eigenvalue weighted by Crippen LogP contribution is -2.20. The first-order valence-electron chi connectivity index (χ1n) is 6.91. The van der Waals surface area contributed by atoms with Crippen LogP contribution in [0.5, 0.6) is 0 Å². The first kappa shape index (κ1) is 14.6. The number of nitrogens with zero attached hydrogens (tertiary/aromatic N) is 2. The summed E-state index contributed by atoms with van der Waals surface area (Å²) in [5, 5.41) is 23.2. The van der Waals surface area contributed by atoms with Gasteiger partial charge in [-0.25, -0.2) is 0 Å². The Morgan fingerprint density at radius 1 is 1.14 bits per heavy atom. The summed E-state index contributed by atoms with van der Waals surface area (Å²) in [7, 11) is 0. The third-order valence-corrected chi connectivity index (χ3v) is 3.52. The van der Waals surface area contributed by atoms with Crippen LogP contribution in [0, 0.1) is 28.6 Å². The number of nitriles is 2. The van der Waals surface area contributed by atoms with Crippen molar-refractivity contribution in [3.8, 4) is 12.1 Å². The van der Waals surface area contributed by atoms with Crippen LogP contribution in [0.2, 0.25) is 0 Å². The van der Waals surface area contributed by atoms with Gasteiger partial charge in [-0.05, 0) is 25.0 Å². The van der Waals surface area contributed by atoms with Crippen LogP contribution in [-0.2, 0) is 4.79 Å². The van der Waals surface area contributed by atoms with Crippen molar-refractivity contribution in [3.05, 3.63) is 36.0 Å². The van der Waals surface area contributed by atoms with Gasteiger partial charge in [0.05, 0.1) is 11.4 Å². The van der Waals surface area contributed by atoms with Crippen molar-refractivity contribution in [3.63, 3.8) is 0 Å². The van der Waals surface area contributed by atoms with Gasteiger partial charge in [-0.2, -0.15) is 10.5 Å². The van der Waals surface area contributed by atoms with E-state index in [1.165, 1.54) is 6.20 Å². The Labute approximate surface area is 123 Å². The minimum Gasteiger partial charge on any atom is -0.358 e. The largest absolute Gasteiger partial charge is 0.358 e. The van der Waals surface area contributed by atoms with E-state index in [1.807, 2.05) is 12.1 Å². The second-order valence-electron chi connectivity index (χ2n) is 4.94. The maximum Gasteiger partial charge on any atom is 0.227 e. The summed E-state index contributed by atoms with van der Waals surface area (Å²) in [5.74, 6) is 0.119. The smallest absolute Gasteiger partial charge is 0.227 e. The van der Waals surface area contributed by atoms with Crippen molar-refractivity contribution in [2.45, 2.75) is 25.7 Å². The fourth-order valence-electron chi connectivity index (χ4n) is 2.38. The van der Waals surface area contributed by atoms with Crippen molar-refractivity contribution >= 4 is 17.3 Å². The van der Waals surface area contributed by atoms with E-state index in [0.29, 0.717) is 11.4 Å². The van der Waals surface area contributed by atoms with Gasteiger partial charge < -0.3 is 10.6 Å². The number of nitrogens with one attached hydrogen (secondary N) is 2. The Bertz CT molecular complexity index is 614. The average molecular weight is 280 g/mol. The number of carbonyl (C=O) groups is 1. The van der Waals surface area contributed by atoms with Gasteiger partial charge in [0.1, 0.15) is 17.7 Å². The molecule has 0 atom stereocenters. The summed E-state index contributed by atoms with van der Waals surface area (Å²) < 4.78 is 0. The summed E-state index contributed by atoms with van der Waals surface area (Å²) in [6.07, 6.45) is 5.42. The Morgan fingerprint density at radius 2 is 1.76 bits per heavy atom. The van der Waals surface area contributed by atoms with Crippen LogP contribution in [0.15, 0.2) is 36.0 Å². The molecule has 0 radical (unpaired) electrons. The van der Waals surface area contributed by atoms with E-state index < -0.39 is 0 Å². The van der Waals surface area contributed by atoms with Crippen molar-refractivity contribution < 1.29 is 4.79 Å². The molecular weight excluding hydrogens is 264 g/mol. The molecule has 1 aromatic carbocycles. The predicted molar refractivity (Wildman–Crippen MR) is 80.0 cm³/mol. The molecule has 1 fully saturated rings. The summed E-state index contributed by atoms with van der Waals surface area (Å²) >= 11 is 0. The highest BCUT2D eigenvalue weighted by Crippen LogP contribution is 2.28. The van der Waals surface area contributed by atoms with E-state index in [9.17, 15) is 4.79 Å². The molecule has 0 aromatic heterocycles. The zero-order chi connectivity index (χ0) is 15.1. The Morgan fingerprint density at radius 3 is 2.38 bits per heavy atom. The summed E-state index contributed by atoms with van der Waals surface area (Å²) in [4.78, 5) is 12.2. The van der Waals surface area contributed by atoms with Gasteiger partial charge in [-0.3, -0.25) is 4.79 Å². The van der Waals surface area contributed by atoms with Gasteiger partial charge in [-0.1, -0.05) is 25.0 Å². The highest BCUT2D eigenvalue weighted by Gasteiger charge is 2.23. The minimum absolute atomic E-state index is 0.0214. The third-order valence-electron chi connectivity index (χ3n) is 3.52. The number of allylic oxidation sites excluding steroid dienone is 1. The number of amides is 1. The van der Waals surface area contributed by atoms with Crippen molar-refractivity contribution in [1.29, 1.82) is 10.5 Å². The van der Waals surface area contributed by atoms with Gasteiger partial charge in [0.2, 0.25) is 5.91 Å². The molecule has 1 aliphatic carbocycles. The van der Waals surface area contributed by atoms with E-state index in [1.54, 1.807) is 24.3 Å². The molecule has 0 bridgehead atoms. The van der Waals surface area contributed by atoms with Crippen LogP contribution in [0.1, 0.15) is 25.7 Å². The van der Waals surface area contributed by atoms with Crippen LogP contribution in [0.3, 0.4) is 0 Å². The highest BCUT2D eigenvalue weighted by atomic mass is 16.1. The molecule has 5 heteroatoms. The molecule has 0 unspecified atom stereocenters. The fraction of sp³-hybridized carbons (Fsp3) is 0.312. The van der Waals surface area contributed by atoms with E-state index in [4.69, 9.17) is 10.5 Å². The zero-order valence-electron chi connectivity index (χ0n) is 11.6. The van der Waals surface area contributed by atoms with Crippen LogP contribution < -0.4 is 10.6 Å². The monoisotopic (exact) mass is 280 g/mol. The molecule has 2 rings (SSSR count). The number of anilines is 2. The lowest BCUT2D eigenvalue weighted by atomic mass is 10.1. The van der Waals surface area contributed by atoms with Crippen LogP contribution >= 0.6 is 0 Å². The molecule has 1 amide bonds. The van der Waals surface area contributed by atoms with Gasteiger partial charge in [0, 0.05) is 12.1 Å². The van der Waals surface area contributed by atoms with Crippen LogP contribution in [0.4, 0.5) is 11.4 Å². The normalized spacial score (nSPS) is 13.8. The topological polar surface area (TPSA) is 88.7 Å². The second-order valence-corrected chi connectivity index (χ2v) is 4.94. The maximum absolute atomic E-state index is 12.2. The molecule has 0 spiro atoms. The van der Waals surface area contributed by atoms with Crippen LogP contribution in [-0.4, -0.2) is 5.91 Å². The van der Waals surface area contributed by atoms with Gasteiger partial charge >= 0.3 is 0 Å². The number of carbonyl (C=O) groups excluding carboxylic acids is 1. The SMILES string of the molecule is N#CC(C#N)=CNc1ccccc1NC(=O)C1CCCC1. The molecule has 1 saturated carbocycles. The molecular formula is C16H16N4O. The maximum atomic E-state index is 12.2. The first-order chi connectivity index (χ1) is 10.2. The van der Waals surface area contributed by atoms with Crippen molar-refractivity contribution in [1.82, 2.24) is 0 Å². The van der Waals surface area contributed by atoms with Gasteiger partial charge in [0.25, 0.3) is 0 Å². The number of para-hydroxylation sites is 2. The molecule has 0 saturated heterocycles. The lowest BCUT2D eigenvalue weighted by molar-refractivity contribution is -0.119. The Hall–Kier alpha value is -2.79. The Kier molecular flexibility index (Phi) is 4.95. The molecule has 1 aromatic rings. The number of hydrogen-bond donors (Lipinski definition) is 2. The molecule has 1 aliphatic rings. The summed E-state index contributed by atoms with van der Waals surface area (Å²) in [6, 6.07) is 10.8. The van der Waals surface area contributed by atoms with Gasteiger partial charge in [0.15, 0.2) is 0 Å². The van der Waals surface area contributed by atoms with E-state index in [2.05, 4.69) is 10.6 Å². The molecule has 21 heavy (non-hydrogen) atoms. The highest BCUT2D eigenvalue weighted by molar-refractivity contribution is 5.95. The molecule has 0 heterocycles. The minimum atomic E-state index is -0.0214. The summed E-state index contributed by atoms with van der Waals surface area (Å²) in [5.41, 5.74) is 1.29. The van der Waals surface area contributed by atoms with Crippen molar-refractivity contribution in [2.24, 2.45) is 5.92 Å². The molecule has 5 nitrogen and oxygen atoms in total. The summed E-state index contributed by atoms with van der Waals surface area (Å²) in [6.45, 7) is 0. The van der Waals surface area contributed by atoms with Gasteiger partial charge in [-0.15, -0.1) is 0 Å². The first-order valence-corrected chi connectivity index (χ1v) is 6.91. The van der Waals surface area contributed by atoms with E-state index in [-0.39, 0.29) is 17.4 Å². The Balaban J connectivity index is 2.10. The second kappa shape index (κ2) is 7.12. The number of benzene rings is 1. The van der Waals surface area contributed by atoms with Crippen LogP contribution in [0.25, 0.3) is 0 Å². The number of rotatable bonds is 4. The van der Waals surface area contributed by atoms with E-state index >= 15 is 0 Å². The molecule has 0 aliphatic heterocycles.